The fraction of sp³-hybridized carbons (Fsp3) is 0.455. The number of nitrogen functional groups attached to an aromatic ring is 1. The highest BCUT2D eigenvalue weighted by Crippen LogP contribution is 2.16. The van der Waals surface area contributed by atoms with Crippen LogP contribution < -0.4 is 10.8 Å². The lowest BCUT2D eigenvalue weighted by Crippen LogP contribution is -2.31. The molecule has 0 aliphatic carbocycles. The summed E-state index contributed by atoms with van der Waals surface area (Å²) in [5.74, 6) is 0. The number of nitrogens with zero attached hydrogens (tertiary/aromatic N) is 1. The summed E-state index contributed by atoms with van der Waals surface area (Å²) < 4.78 is 0. The molecule has 0 aliphatic heterocycles. The first kappa shape index (κ1) is 11.8. The van der Waals surface area contributed by atoms with Crippen LogP contribution in [0.1, 0.15) is 13.8 Å². The average molecular weight is 210 g/mol. The molecule has 0 bridgehead atoms. The molecule has 0 radical (unpaired) electrons. The Hall–Kier alpha value is -1.26. The van der Waals surface area contributed by atoms with Crippen LogP contribution in [0.2, 0.25) is 0 Å². The van der Waals surface area contributed by atoms with E-state index in [1.165, 1.54) is 0 Å². The van der Waals surface area contributed by atoms with Gasteiger partial charge in [0.05, 0.1) is 24.9 Å². The molecular weight excluding hydrogens is 192 g/mol. The van der Waals surface area contributed by atoms with Crippen LogP contribution in [-0.4, -0.2) is 24.4 Å². The first-order valence-corrected chi connectivity index (χ1v) is 5.07. The smallest absolute Gasteiger partial charge is 0.0720 e. The Bertz CT molecular complexity index is 285. The van der Waals surface area contributed by atoms with Crippen LogP contribution in [-0.2, 0) is 4.84 Å². The zero-order chi connectivity index (χ0) is 11.3. The molecule has 0 saturated heterocycles. The van der Waals surface area contributed by atoms with Crippen LogP contribution in [0.4, 0.5) is 11.4 Å². The van der Waals surface area contributed by atoms with Crippen molar-refractivity contribution in [2.75, 3.05) is 23.9 Å². The lowest BCUT2D eigenvalue weighted by atomic mass is 10.2. The molecule has 0 fully saturated rings. The van der Waals surface area contributed by atoms with Gasteiger partial charge in [-0.1, -0.05) is 0 Å². The Morgan fingerprint density at radius 1 is 1.40 bits per heavy atom. The Balaban J connectivity index is 2.74. The summed E-state index contributed by atoms with van der Waals surface area (Å²) in [4.78, 5) is 5.41. The van der Waals surface area contributed by atoms with Crippen molar-refractivity contribution in [2.24, 2.45) is 0 Å². The number of anilines is 2. The molecule has 4 heteroatoms. The molecule has 4 nitrogen and oxygen atoms in total. The van der Waals surface area contributed by atoms with Gasteiger partial charge in [0, 0.05) is 5.69 Å². The van der Waals surface area contributed by atoms with Crippen molar-refractivity contribution in [1.29, 1.82) is 0 Å². The summed E-state index contributed by atoms with van der Waals surface area (Å²) in [6.07, 6.45) is -0.436. The number of hydroxylamine groups is 1. The molecule has 0 saturated carbocycles. The molecule has 0 aliphatic rings. The largest absolute Gasteiger partial charge is 0.399 e. The average Bonchev–Trinajstić information content (AvgIpc) is 2.17. The standard InChI is InChI=1S/C11H18N2O2/c1-3-15-13(8-9(2)14)11-6-4-10(12)5-7-11/h4-7,9,14H,3,8,12H2,1-2H3. The Morgan fingerprint density at radius 3 is 2.47 bits per heavy atom. The molecule has 0 heterocycles. The van der Waals surface area contributed by atoms with E-state index in [0.29, 0.717) is 18.8 Å². The highest BCUT2D eigenvalue weighted by molar-refractivity contribution is 5.51. The van der Waals surface area contributed by atoms with Gasteiger partial charge in [0.1, 0.15) is 0 Å². The molecule has 1 unspecified atom stereocenters. The van der Waals surface area contributed by atoms with Crippen molar-refractivity contribution in [3.05, 3.63) is 24.3 Å². The Labute approximate surface area is 90.2 Å². The molecule has 3 N–H and O–H groups in total. The summed E-state index contributed by atoms with van der Waals surface area (Å²) >= 11 is 0. The molecule has 0 spiro atoms. The Morgan fingerprint density at radius 2 is 2.00 bits per heavy atom. The van der Waals surface area contributed by atoms with Crippen LogP contribution in [0.15, 0.2) is 24.3 Å². The first-order valence-electron chi connectivity index (χ1n) is 5.07. The van der Waals surface area contributed by atoms with E-state index in [1.54, 1.807) is 12.0 Å². The third-order valence-electron chi connectivity index (χ3n) is 1.90. The lowest BCUT2D eigenvalue weighted by Gasteiger charge is -2.24. The van der Waals surface area contributed by atoms with Gasteiger partial charge in [0.2, 0.25) is 0 Å². The number of hydrogen-bond acceptors (Lipinski definition) is 4. The lowest BCUT2D eigenvalue weighted by molar-refractivity contribution is 0.0862. The number of aliphatic hydroxyl groups is 1. The minimum absolute atomic E-state index is 0.436. The second-order valence-electron chi connectivity index (χ2n) is 3.42. The number of nitrogens with two attached hydrogens (primary N) is 1. The predicted molar refractivity (Wildman–Crippen MR) is 61.5 cm³/mol. The zero-order valence-corrected chi connectivity index (χ0v) is 9.18. The van der Waals surface area contributed by atoms with E-state index in [0.717, 1.165) is 5.69 Å². The Kier molecular flexibility index (Phi) is 4.39. The zero-order valence-electron chi connectivity index (χ0n) is 9.18. The second kappa shape index (κ2) is 5.58. The van der Waals surface area contributed by atoms with Crippen LogP contribution in [0.25, 0.3) is 0 Å². The summed E-state index contributed by atoms with van der Waals surface area (Å²) in [5.41, 5.74) is 7.20. The van der Waals surface area contributed by atoms with Gasteiger partial charge in [-0.3, -0.25) is 9.90 Å². The van der Waals surface area contributed by atoms with Crippen molar-refractivity contribution in [2.45, 2.75) is 20.0 Å². The fourth-order valence-electron chi connectivity index (χ4n) is 1.27. The SMILES string of the molecule is CCON(CC(C)O)c1ccc(N)cc1. The topological polar surface area (TPSA) is 58.7 Å². The minimum Gasteiger partial charge on any atom is -0.399 e. The summed E-state index contributed by atoms with van der Waals surface area (Å²) in [6, 6.07) is 7.35. The van der Waals surface area contributed by atoms with Gasteiger partial charge in [0.25, 0.3) is 0 Å². The number of rotatable bonds is 5. The molecule has 1 aromatic carbocycles. The summed E-state index contributed by atoms with van der Waals surface area (Å²) in [7, 11) is 0. The van der Waals surface area contributed by atoms with Crippen molar-refractivity contribution in [3.63, 3.8) is 0 Å². The molecular formula is C11H18N2O2. The highest BCUT2D eigenvalue weighted by atomic mass is 16.7. The van der Waals surface area contributed by atoms with Crippen LogP contribution in [0.5, 0.6) is 0 Å². The van der Waals surface area contributed by atoms with Crippen LogP contribution >= 0.6 is 0 Å². The molecule has 0 amide bonds. The maximum absolute atomic E-state index is 9.32. The molecule has 0 aromatic heterocycles. The van der Waals surface area contributed by atoms with E-state index in [1.807, 2.05) is 31.2 Å². The van der Waals surface area contributed by atoms with E-state index in [-0.39, 0.29) is 0 Å². The van der Waals surface area contributed by atoms with Gasteiger partial charge < -0.3 is 10.8 Å². The maximum atomic E-state index is 9.32. The van der Waals surface area contributed by atoms with Gasteiger partial charge in [-0.2, -0.15) is 0 Å². The summed E-state index contributed by atoms with van der Waals surface area (Å²) in [6.45, 7) is 4.64. The third kappa shape index (κ3) is 3.77. The van der Waals surface area contributed by atoms with E-state index in [9.17, 15) is 5.11 Å². The van der Waals surface area contributed by atoms with E-state index in [2.05, 4.69) is 0 Å². The quantitative estimate of drug-likeness (QED) is 0.570. The number of hydrogen-bond donors (Lipinski definition) is 2. The molecule has 1 rings (SSSR count). The molecule has 1 atom stereocenters. The van der Waals surface area contributed by atoms with Gasteiger partial charge in [-0.25, -0.2) is 0 Å². The highest BCUT2D eigenvalue weighted by Gasteiger charge is 2.09. The number of benzene rings is 1. The maximum Gasteiger partial charge on any atom is 0.0720 e. The normalized spacial score (nSPS) is 12.5. The molecule has 1 aromatic rings. The van der Waals surface area contributed by atoms with Gasteiger partial charge in [-0.15, -0.1) is 0 Å². The molecule has 84 valence electrons. The van der Waals surface area contributed by atoms with E-state index in [4.69, 9.17) is 10.6 Å². The molecule has 15 heavy (non-hydrogen) atoms. The second-order valence-corrected chi connectivity index (χ2v) is 3.42. The van der Waals surface area contributed by atoms with Crippen LogP contribution in [0, 0.1) is 0 Å². The van der Waals surface area contributed by atoms with Crippen molar-refractivity contribution in [1.82, 2.24) is 0 Å². The van der Waals surface area contributed by atoms with E-state index >= 15 is 0 Å². The van der Waals surface area contributed by atoms with Gasteiger partial charge >= 0.3 is 0 Å². The first-order chi connectivity index (χ1) is 7.13. The van der Waals surface area contributed by atoms with Crippen molar-refractivity contribution in [3.8, 4) is 0 Å². The minimum atomic E-state index is -0.436. The van der Waals surface area contributed by atoms with E-state index < -0.39 is 6.10 Å². The monoisotopic (exact) mass is 210 g/mol. The third-order valence-corrected chi connectivity index (χ3v) is 1.90. The fourth-order valence-corrected chi connectivity index (χ4v) is 1.27. The number of aliphatic hydroxyl groups excluding tert-OH is 1. The van der Waals surface area contributed by atoms with Crippen LogP contribution in [0.3, 0.4) is 0 Å². The summed E-state index contributed by atoms with van der Waals surface area (Å²) in [5, 5.41) is 11.0. The van der Waals surface area contributed by atoms with Crippen molar-refractivity contribution < 1.29 is 9.94 Å². The van der Waals surface area contributed by atoms with Crippen molar-refractivity contribution >= 4 is 11.4 Å². The van der Waals surface area contributed by atoms with Gasteiger partial charge in [-0.05, 0) is 38.1 Å². The predicted octanol–water partition coefficient (Wildman–Crippen LogP) is 1.41. The van der Waals surface area contributed by atoms with Gasteiger partial charge in [0.15, 0.2) is 0 Å².